The van der Waals surface area contributed by atoms with Crippen LogP contribution in [0.25, 0.3) is 0 Å². The van der Waals surface area contributed by atoms with Gasteiger partial charge in [-0.2, -0.15) is 17.0 Å². The predicted molar refractivity (Wildman–Crippen MR) is 73.1 cm³/mol. The second-order valence-corrected chi connectivity index (χ2v) is 7.08. The molecular formula is C11H23ClN2O3S. The van der Waals surface area contributed by atoms with Gasteiger partial charge < -0.3 is 4.74 Å². The highest BCUT2D eigenvalue weighted by Gasteiger charge is 2.35. The molecule has 108 valence electrons. The quantitative estimate of drug-likeness (QED) is 0.694. The average molecular weight is 299 g/mol. The first-order valence-electron chi connectivity index (χ1n) is 6.25. The largest absolute Gasteiger partial charge is 0.381 e. The van der Waals surface area contributed by atoms with Crippen molar-refractivity contribution in [3.63, 3.8) is 0 Å². The second-order valence-electron chi connectivity index (χ2n) is 4.71. The van der Waals surface area contributed by atoms with Crippen LogP contribution in [0.15, 0.2) is 0 Å². The molecule has 18 heavy (non-hydrogen) atoms. The van der Waals surface area contributed by atoms with Gasteiger partial charge in [-0.1, -0.05) is 0 Å². The number of alkyl halides is 1. The van der Waals surface area contributed by atoms with Crippen LogP contribution < -0.4 is 0 Å². The van der Waals surface area contributed by atoms with Gasteiger partial charge in [-0.05, 0) is 26.2 Å². The molecule has 1 heterocycles. The summed E-state index contributed by atoms with van der Waals surface area (Å²) in [6.07, 6.45) is 2.34. The minimum atomic E-state index is -3.36. The van der Waals surface area contributed by atoms with E-state index in [4.69, 9.17) is 16.3 Å². The molecule has 0 amide bonds. The number of rotatable bonds is 6. The lowest BCUT2D eigenvalue weighted by Crippen LogP contribution is -2.51. The Balaban J connectivity index is 2.68. The Morgan fingerprint density at radius 2 is 2.17 bits per heavy atom. The molecule has 0 aromatic heterocycles. The topological polar surface area (TPSA) is 49.9 Å². The normalized spacial score (nSPS) is 26.7. The summed E-state index contributed by atoms with van der Waals surface area (Å²) in [5, 5.41) is 0. The van der Waals surface area contributed by atoms with Crippen LogP contribution in [-0.4, -0.2) is 62.3 Å². The first-order valence-corrected chi connectivity index (χ1v) is 8.18. The van der Waals surface area contributed by atoms with Gasteiger partial charge in [0.1, 0.15) is 0 Å². The molecule has 0 aliphatic carbocycles. The summed E-state index contributed by atoms with van der Waals surface area (Å²) in [6, 6.07) is -0.0212. The molecule has 1 saturated heterocycles. The maximum absolute atomic E-state index is 12.4. The fraction of sp³-hybridized carbons (Fsp3) is 1.00. The van der Waals surface area contributed by atoms with Crippen molar-refractivity contribution in [2.24, 2.45) is 0 Å². The number of halogens is 1. The average Bonchev–Trinajstić information content (AvgIpc) is 2.35. The fourth-order valence-corrected chi connectivity index (χ4v) is 3.96. The Morgan fingerprint density at radius 3 is 2.67 bits per heavy atom. The molecule has 1 rings (SSSR count). The monoisotopic (exact) mass is 298 g/mol. The minimum absolute atomic E-state index is 0.0212. The van der Waals surface area contributed by atoms with E-state index in [0.717, 1.165) is 12.8 Å². The van der Waals surface area contributed by atoms with Gasteiger partial charge in [-0.3, -0.25) is 0 Å². The zero-order chi connectivity index (χ0) is 13.8. The van der Waals surface area contributed by atoms with Crippen LogP contribution in [0.3, 0.4) is 0 Å². The maximum Gasteiger partial charge on any atom is 0.281 e. The van der Waals surface area contributed by atoms with Crippen molar-refractivity contribution in [1.82, 2.24) is 8.61 Å². The summed E-state index contributed by atoms with van der Waals surface area (Å²) in [4.78, 5) is 0. The summed E-state index contributed by atoms with van der Waals surface area (Å²) >= 11 is 5.60. The number of piperidine rings is 1. The Morgan fingerprint density at radius 1 is 1.50 bits per heavy atom. The van der Waals surface area contributed by atoms with E-state index in [0.29, 0.717) is 25.4 Å². The predicted octanol–water partition coefficient (Wildman–Crippen LogP) is 1.29. The van der Waals surface area contributed by atoms with E-state index in [1.54, 1.807) is 18.5 Å². The van der Waals surface area contributed by atoms with Gasteiger partial charge >= 0.3 is 0 Å². The van der Waals surface area contributed by atoms with E-state index in [1.807, 2.05) is 6.92 Å². The van der Waals surface area contributed by atoms with Gasteiger partial charge in [-0.15, -0.1) is 11.6 Å². The highest BCUT2D eigenvalue weighted by molar-refractivity contribution is 7.86. The van der Waals surface area contributed by atoms with Crippen LogP contribution in [0.1, 0.15) is 26.2 Å². The zero-order valence-electron chi connectivity index (χ0n) is 11.3. The first-order chi connectivity index (χ1) is 8.43. The number of hydrogen-bond acceptors (Lipinski definition) is 3. The molecule has 0 saturated carbocycles. The lowest BCUT2D eigenvalue weighted by atomic mass is 10.0. The number of methoxy groups -OCH3 is 1. The van der Waals surface area contributed by atoms with E-state index in [2.05, 4.69) is 0 Å². The summed E-state index contributed by atoms with van der Waals surface area (Å²) < 4.78 is 33.0. The van der Waals surface area contributed by atoms with Crippen molar-refractivity contribution in [2.75, 3.05) is 33.1 Å². The van der Waals surface area contributed by atoms with Crippen molar-refractivity contribution in [3.8, 4) is 0 Å². The van der Waals surface area contributed by atoms with Gasteiger partial charge in [0.05, 0.1) is 6.10 Å². The molecule has 1 aliphatic rings. The van der Waals surface area contributed by atoms with Crippen molar-refractivity contribution < 1.29 is 13.2 Å². The third-order valence-corrected chi connectivity index (χ3v) is 5.77. The summed E-state index contributed by atoms with van der Waals surface area (Å²) in [5.41, 5.74) is 0. The van der Waals surface area contributed by atoms with E-state index < -0.39 is 10.2 Å². The molecule has 0 aromatic carbocycles. The number of nitrogens with zero attached hydrogens (tertiary/aromatic N) is 2. The lowest BCUT2D eigenvalue weighted by Gasteiger charge is -2.38. The molecular weight excluding hydrogens is 276 g/mol. The Kier molecular flexibility index (Phi) is 6.34. The van der Waals surface area contributed by atoms with Gasteiger partial charge in [0.25, 0.3) is 10.2 Å². The Bertz CT molecular complexity index is 350. The minimum Gasteiger partial charge on any atom is -0.381 e. The Labute approximate surface area is 115 Å². The summed E-state index contributed by atoms with van der Waals surface area (Å²) in [6.45, 7) is 2.91. The van der Waals surface area contributed by atoms with Crippen LogP contribution in [-0.2, 0) is 14.9 Å². The smallest absolute Gasteiger partial charge is 0.281 e. The lowest BCUT2D eigenvalue weighted by molar-refractivity contribution is 0.0408. The SMILES string of the molecule is COC1CCN(S(=O)(=O)N(C)CCCCl)C(C)C1. The number of ether oxygens (including phenoxy) is 1. The molecule has 2 atom stereocenters. The molecule has 0 bridgehead atoms. The summed E-state index contributed by atoms with van der Waals surface area (Å²) in [5.74, 6) is 0.473. The van der Waals surface area contributed by atoms with Crippen molar-refractivity contribution in [3.05, 3.63) is 0 Å². The zero-order valence-corrected chi connectivity index (χ0v) is 12.9. The molecule has 5 nitrogen and oxygen atoms in total. The van der Waals surface area contributed by atoms with E-state index in [9.17, 15) is 8.42 Å². The molecule has 0 N–H and O–H groups in total. The van der Waals surface area contributed by atoms with Crippen LogP contribution >= 0.6 is 11.6 Å². The van der Waals surface area contributed by atoms with Gasteiger partial charge in [0, 0.05) is 39.2 Å². The third-order valence-electron chi connectivity index (χ3n) is 3.40. The molecule has 7 heteroatoms. The standard InChI is InChI=1S/C11H23ClN2O3S/c1-10-9-11(17-3)5-8-14(10)18(15,16)13(2)7-4-6-12/h10-11H,4-9H2,1-3H3. The van der Waals surface area contributed by atoms with Crippen molar-refractivity contribution >= 4 is 21.8 Å². The first kappa shape index (κ1) is 16.2. The van der Waals surface area contributed by atoms with Gasteiger partial charge in [-0.25, -0.2) is 0 Å². The highest BCUT2D eigenvalue weighted by atomic mass is 35.5. The molecule has 1 aliphatic heterocycles. The summed E-state index contributed by atoms with van der Waals surface area (Å²) in [7, 11) is -0.0798. The van der Waals surface area contributed by atoms with Crippen molar-refractivity contribution in [2.45, 2.75) is 38.3 Å². The molecule has 0 spiro atoms. The van der Waals surface area contributed by atoms with E-state index >= 15 is 0 Å². The molecule has 1 fully saturated rings. The van der Waals surface area contributed by atoms with Crippen LogP contribution in [0.4, 0.5) is 0 Å². The van der Waals surface area contributed by atoms with Crippen molar-refractivity contribution in [1.29, 1.82) is 0 Å². The molecule has 2 unspecified atom stereocenters. The van der Waals surface area contributed by atoms with Gasteiger partial charge in [0.2, 0.25) is 0 Å². The van der Waals surface area contributed by atoms with Crippen LogP contribution in [0, 0.1) is 0 Å². The third kappa shape index (κ3) is 3.81. The van der Waals surface area contributed by atoms with Gasteiger partial charge in [0.15, 0.2) is 0 Å². The van der Waals surface area contributed by atoms with E-state index in [-0.39, 0.29) is 12.1 Å². The highest BCUT2D eigenvalue weighted by Crippen LogP contribution is 2.23. The Hall–Kier alpha value is 0.120. The molecule has 0 aromatic rings. The van der Waals surface area contributed by atoms with Crippen LogP contribution in [0.5, 0.6) is 0 Å². The fourth-order valence-electron chi connectivity index (χ4n) is 2.24. The maximum atomic E-state index is 12.4. The number of hydrogen-bond donors (Lipinski definition) is 0. The van der Waals surface area contributed by atoms with Crippen LogP contribution in [0.2, 0.25) is 0 Å². The molecule has 0 radical (unpaired) electrons. The second kappa shape index (κ2) is 7.05. The van der Waals surface area contributed by atoms with E-state index in [1.165, 1.54) is 4.31 Å².